The van der Waals surface area contributed by atoms with Crippen LogP contribution in [0, 0.1) is 17.1 Å². The zero-order valence-electron chi connectivity index (χ0n) is 20.6. The van der Waals surface area contributed by atoms with E-state index in [0.29, 0.717) is 29.2 Å². The van der Waals surface area contributed by atoms with Gasteiger partial charge in [0.05, 0.1) is 12.5 Å². The van der Waals surface area contributed by atoms with Gasteiger partial charge >= 0.3 is 5.97 Å². The lowest BCUT2D eigenvalue weighted by atomic mass is 9.83. The predicted octanol–water partition coefficient (Wildman–Crippen LogP) is 5.60. The molecule has 2 unspecified atom stereocenters. The Balaban J connectivity index is 1.52. The number of unbranched alkanes of at least 4 members (excludes halogenated alkanes) is 1. The molecule has 3 aromatic carbocycles. The zero-order valence-corrected chi connectivity index (χ0v) is 20.6. The summed E-state index contributed by atoms with van der Waals surface area (Å²) in [5.74, 6) is 0.178. The van der Waals surface area contributed by atoms with Gasteiger partial charge in [0.25, 0.3) is 0 Å². The molecule has 0 amide bonds. The van der Waals surface area contributed by atoms with E-state index in [4.69, 9.17) is 24.7 Å². The SMILES string of the molecule is CCCCOc1ccc(C2C(C#N)=C(N)Oc3cc(OC(=O)C(C)Oc4ccc(F)cc4)ccc32)cc1. The largest absolute Gasteiger partial charge is 0.494 e. The minimum Gasteiger partial charge on any atom is -0.494 e. The Morgan fingerprint density at radius 1 is 1.08 bits per heavy atom. The van der Waals surface area contributed by atoms with E-state index in [-0.39, 0.29) is 11.6 Å². The molecule has 0 aliphatic carbocycles. The Morgan fingerprint density at radius 3 is 2.43 bits per heavy atom. The predicted molar refractivity (Wildman–Crippen MR) is 135 cm³/mol. The molecule has 0 spiro atoms. The molecule has 7 nitrogen and oxygen atoms in total. The molecule has 1 aliphatic heterocycles. The van der Waals surface area contributed by atoms with E-state index in [2.05, 4.69) is 13.0 Å². The summed E-state index contributed by atoms with van der Waals surface area (Å²) in [5.41, 5.74) is 7.94. The molecule has 4 rings (SSSR count). The summed E-state index contributed by atoms with van der Waals surface area (Å²) in [4.78, 5) is 12.6. The van der Waals surface area contributed by atoms with Gasteiger partial charge in [-0.1, -0.05) is 31.5 Å². The number of benzene rings is 3. The molecule has 0 saturated carbocycles. The molecule has 3 aromatic rings. The lowest BCUT2D eigenvalue weighted by molar-refractivity contribution is -0.141. The van der Waals surface area contributed by atoms with E-state index in [0.717, 1.165) is 24.2 Å². The molecule has 0 radical (unpaired) electrons. The van der Waals surface area contributed by atoms with E-state index < -0.39 is 23.8 Å². The number of hydrogen-bond donors (Lipinski definition) is 1. The lowest BCUT2D eigenvalue weighted by Crippen LogP contribution is -2.28. The lowest BCUT2D eigenvalue weighted by Gasteiger charge is -2.27. The van der Waals surface area contributed by atoms with E-state index in [1.807, 2.05) is 24.3 Å². The first-order valence-corrected chi connectivity index (χ1v) is 12.0. The van der Waals surface area contributed by atoms with E-state index in [1.54, 1.807) is 18.2 Å². The van der Waals surface area contributed by atoms with Gasteiger partial charge in [0, 0.05) is 11.6 Å². The summed E-state index contributed by atoms with van der Waals surface area (Å²) in [5, 5.41) is 9.79. The van der Waals surface area contributed by atoms with Crippen LogP contribution >= 0.6 is 0 Å². The maximum absolute atomic E-state index is 13.1. The summed E-state index contributed by atoms with van der Waals surface area (Å²) in [6, 6.07) is 19.9. The van der Waals surface area contributed by atoms with Crippen molar-refractivity contribution in [3.8, 4) is 29.1 Å². The molecule has 0 aromatic heterocycles. The number of carbonyl (C=O) groups excluding carboxylic acids is 1. The van der Waals surface area contributed by atoms with E-state index in [1.165, 1.54) is 31.2 Å². The molecular weight excluding hydrogens is 475 g/mol. The standard InChI is InChI=1S/C29H27FN2O5/c1-3-4-15-34-21-9-5-19(6-10-21)27-24-14-13-23(16-26(24)37-28(32)25(27)17-31)36-29(33)18(2)35-22-11-7-20(30)8-12-22/h5-14,16,18,27H,3-4,15,32H2,1-2H3. The average Bonchev–Trinajstić information content (AvgIpc) is 2.89. The fourth-order valence-corrected chi connectivity index (χ4v) is 3.90. The Hall–Kier alpha value is -4.51. The molecule has 37 heavy (non-hydrogen) atoms. The van der Waals surface area contributed by atoms with Gasteiger partial charge in [0.15, 0.2) is 6.10 Å². The van der Waals surface area contributed by atoms with Gasteiger partial charge in [-0.15, -0.1) is 0 Å². The number of nitrogens with zero attached hydrogens (tertiary/aromatic N) is 1. The topological polar surface area (TPSA) is 104 Å². The Labute approximate surface area is 214 Å². The van der Waals surface area contributed by atoms with Crippen LogP contribution in [0.1, 0.15) is 43.7 Å². The van der Waals surface area contributed by atoms with Crippen molar-refractivity contribution >= 4 is 5.97 Å². The number of ether oxygens (including phenoxy) is 4. The van der Waals surface area contributed by atoms with Gasteiger partial charge in [-0.05, 0) is 61.4 Å². The minimum absolute atomic E-state index is 0.0141. The molecule has 1 aliphatic rings. The second kappa shape index (κ2) is 11.5. The maximum Gasteiger partial charge on any atom is 0.352 e. The van der Waals surface area contributed by atoms with Crippen LogP contribution in [0.3, 0.4) is 0 Å². The summed E-state index contributed by atoms with van der Waals surface area (Å²) < 4.78 is 35.6. The van der Waals surface area contributed by atoms with Gasteiger partial charge in [-0.25, -0.2) is 9.18 Å². The molecule has 0 fully saturated rings. The van der Waals surface area contributed by atoms with Crippen molar-refractivity contribution in [2.45, 2.75) is 38.7 Å². The summed E-state index contributed by atoms with van der Waals surface area (Å²) in [6.45, 7) is 4.28. The molecule has 2 atom stereocenters. The van der Waals surface area contributed by atoms with Crippen molar-refractivity contribution in [1.29, 1.82) is 5.26 Å². The van der Waals surface area contributed by atoms with Crippen molar-refractivity contribution in [3.05, 3.63) is 95.1 Å². The number of carbonyl (C=O) groups is 1. The molecule has 0 saturated heterocycles. The first-order valence-electron chi connectivity index (χ1n) is 12.0. The number of esters is 1. The summed E-state index contributed by atoms with van der Waals surface area (Å²) >= 11 is 0. The maximum atomic E-state index is 13.1. The van der Waals surface area contributed by atoms with E-state index in [9.17, 15) is 14.4 Å². The average molecular weight is 503 g/mol. The van der Waals surface area contributed by atoms with Crippen LogP contribution in [0.5, 0.6) is 23.0 Å². The van der Waals surface area contributed by atoms with Gasteiger partial charge in [-0.2, -0.15) is 5.26 Å². The third-order valence-corrected chi connectivity index (χ3v) is 5.85. The molecule has 1 heterocycles. The van der Waals surface area contributed by atoms with E-state index >= 15 is 0 Å². The number of nitriles is 1. The van der Waals surface area contributed by atoms with Crippen LogP contribution < -0.4 is 24.7 Å². The number of halogens is 1. The molecule has 8 heteroatoms. The van der Waals surface area contributed by atoms with Crippen LogP contribution in [0.4, 0.5) is 4.39 Å². The highest BCUT2D eigenvalue weighted by atomic mass is 19.1. The molecule has 2 N–H and O–H groups in total. The van der Waals surface area contributed by atoms with Crippen LogP contribution in [-0.2, 0) is 4.79 Å². The highest BCUT2D eigenvalue weighted by molar-refractivity contribution is 5.77. The van der Waals surface area contributed by atoms with Gasteiger partial charge < -0.3 is 24.7 Å². The highest BCUT2D eigenvalue weighted by Crippen LogP contribution is 2.43. The first-order chi connectivity index (χ1) is 17.9. The normalized spacial score (nSPS) is 15.1. The zero-order chi connectivity index (χ0) is 26.4. The molecule has 190 valence electrons. The van der Waals surface area contributed by atoms with Crippen LogP contribution in [0.15, 0.2) is 78.2 Å². The fraction of sp³-hybridized carbons (Fsp3) is 0.241. The number of hydrogen-bond acceptors (Lipinski definition) is 7. The quantitative estimate of drug-likeness (QED) is 0.231. The second-order valence-electron chi connectivity index (χ2n) is 8.53. The molecule has 0 bridgehead atoms. The minimum atomic E-state index is -0.941. The van der Waals surface area contributed by atoms with Crippen LogP contribution in [0.25, 0.3) is 0 Å². The van der Waals surface area contributed by atoms with Crippen LogP contribution in [-0.4, -0.2) is 18.7 Å². The van der Waals surface area contributed by atoms with Crippen molar-refractivity contribution in [1.82, 2.24) is 0 Å². The van der Waals surface area contributed by atoms with Gasteiger partial charge in [0.1, 0.15) is 40.5 Å². The molecular formula is C29H27FN2O5. The van der Waals surface area contributed by atoms with Crippen molar-refractivity contribution in [3.63, 3.8) is 0 Å². The van der Waals surface area contributed by atoms with Crippen molar-refractivity contribution in [2.24, 2.45) is 5.73 Å². The Morgan fingerprint density at radius 2 is 1.76 bits per heavy atom. The van der Waals surface area contributed by atoms with Gasteiger partial charge in [0.2, 0.25) is 5.88 Å². The summed E-state index contributed by atoms with van der Waals surface area (Å²) in [6.07, 6.45) is 1.07. The number of rotatable bonds is 9. The smallest absolute Gasteiger partial charge is 0.352 e. The third-order valence-electron chi connectivity index (χ3n) is 5.85. The summed E-state index contributed by atoms with van der Waals surface area (Å²) in [7, 11) is 0. The number of fused-ring (bicyclic) bond motifs is 1. The van der Waals surface area contributed by atoms with Crippen LogP contribution in [0.2, 0.25) is 0 Å². The first kappa shape index (κ1) is 25.6. The van der Waals surface area contributed by atoms with Crippen molar-refractivity contribution in [2.75, 3.05) is 6.61 Å². The Bertz CT molecular complexity index is 1330. The highest BCUT2D eigenvalue weighted by Gasteiger charge is 2.31. The monoisotopic (exact) mass is 502 g/mol. The number of nitrogens with two attached hydrogens (primary N) is 1. The second-order valence-corrected chi connectivity index (χ2v) is 8.53. The Kier molecular flexibility index (Phi) is 7.94. The fourth-order valence-electron chi connectivity index (χ4n) is 3.90. The number of allylic oxidation sites excluding steroid dienone is 1. The van der Waals surface area contributed by atoms with Crippen molar-refractivity contribution < 1.29 is 28.1 Å². The third kappa shape index (κ3) is 6.01. The van der Waals surface area contributed by atoms with Gasteiger partial charge in [-0.3, -0.25) is 0 Å².